The molecule has 0 saturated heterocycles. The molecule has 11 heavy (non-hydrogen) atoms. The third kappa shape index (κ3) is 2.35. The van der Waals surface area contributed by atoms with Crippen molar-refractivity contribution in [3.05, 3.63) is 29.8 Å². The topological polar surface area (TPSA) is 57.5 Å². The Bertz CT molecular complexity index is 260. The van der Waals surface area contributed by atoms with E-state index in [4.69, 9.17) is 10.2 Å². The van der Waals surface area contributed by atoms with Gasteiger partial charge >= 0.3 is 5.97 Å². The zero-order valence-corrected chi connectivity index (χ0v) is 7.70. The van der Waals surface area contributed by atoms with E-state index in [-0.39, 0.29) is 32.4 Å². The first-order valence-electron chi connectivity index (χ1n) is 2.73. The van der Waals surface area contributed by atoms with Gasteiger partial charge in [0.15, 0.2) is 0 Å². The van der Waals surface area contributed by atoms with Crippen LogP contribution in [-0.4, -0.2) is 16.2 Å². The second-order valence-corrected chi connectivity index (χ2v) is 1.82. The van der Waals surface area contributed by atoms with Crippen molar-refractivity contribution < 1.29 is 36.1 Å². The summed E-state index contributed by atoms with van der Waals surface area (Å²) < 4.78 is 0. The van der Waals surface area contributed by atoms with Gasteiger partial charge in [-0.1, -0.05) is 12.1 Å². The molecule has 0 unspecified atom stereocenters. The molecule has 62 valence electrons. The molecule has 0 saturated carbocycles. The average molecular weight is 333 g/mol. The van der Waals surface area contributed by atoms with Gasteiger partial charge < -0.3 is 10.2 Å². The number of aromatic carboxylic acids is 1. The zero-order valence-electron chi connectivity index (χ0n) is 5.43. The van der Waals surface area contributed by atoms with Crippen molar-refractivity contribution in [3.63, 3.8) is 0 Å². The van der Waals surface area contributed by atoms with Gasteiger partial charge in [-0.3, -0.25) is 0 Å². The van der Waals surface area contributed by atoms with Crippen LogP contribution in [0.2, 0.25) is 0 Å². The van der Waals surface area contributed by atoms with E-state index in [0.29, 0.717) is 0 Å². The van der Waals surface area contributed by atoms with Crippen molar-refractivity contribution in [3.8, 4) is 5.75 Å². The maximum Gasteiger partial charge on any atom is 0.339 e. The summed E-state index contributed by atoms with van der Waals surface area (Å²) in [6.07, 6.45) is 0. The van der Waals surface area contributed by atoms with E-state index in [2.05, 4.69) is 0 Å². The van der Waals surface area contributed by atoms with Crippen LogP contribution >= 0.6 is 0 Å². The smallest absolute Gasteiger partial charge is 0.339 e. The third-order valence-corrected chi connectivity index (χ3v) is 1.13. The van der Waals surface area contributed by atoms with E-state index < -0.39 is 5.97 Å². The standard InChI is InChI=1S/C7H6O3.Pt/c8-6-4-2-1-3-5(6)7(9)10;/h1-4,8H,(H,9,10);. The van der Waals surface area contributed by atoms with Crippen molar-refractivity contribution >= 4 is 5.97 Å². The van der Waals surface area contributed by atoms with Gasteiger partial charge in [-0.15, -0.1) is 0 Å². The molecule has 0 fully saturated rings. The number of carbonyl (C=O) groups is 1. The number of para-hydroxylation sites is 1. The second-order valence-electron chi connectivity index (χ2n) is 1.82. The SMILES string of the molecule is O=C(O)c1ccccc1O.[Pt]. The van der Waals surface area contributed by atoms with Crippen LogP contribution in [0.15, 0.2) is 24.3 Å². The minimum absolute atomic E-state index is 0. The van der Waals surface area contributed by atoms with Crippen molar-refractivity contribution in [1.82, 2.24) is 0 Å². The van der Waals surface area contributed by atoms with Gasteiger partial charge in [0.25, 0.3) is 0 Å². The molecule has 0 aliphatic carbocycles. The summed E-state index contributed by atoms with van der Waals surface area (Å²) in [4.78, 5) is 10.3. The van der Waals surface area contributed by atoms with E-state index >= 15 is 0 Å². The summed E-state index contributed by atoms with van der Waals surface area (Å²) in [5.74, 6) is -1.31. The molecule has 0 amide bonds. The molecule has 0 bridgehead atoms. The van der Waals surface area contributed by atoms with E-state index in [0.717, 1.165) is 0 Å². The Balaban J connectivity index is 0.000001000. The van der Waals surface area contributed by atoms with Gasteiger partial charge in [0.05, 0.1) is 0 Å². The van der Waals surface area contributed by atoms with Crippen molar-refractivity contribution in [2.24, 2.45) is 0 Å². The van der Waals surface area contributed by atoms with Crippen molar-refractivity contribution in [2.75, 3.05) is 0 Å². The third-order valence-electron chi connectivity index (χ3n) is 1.13. The number of rotatable bonds is 1. The van der Waals surface area contributed by atoms with Crippen LogP contribution in [-0.2, 0) is 21.1 Å². The number of hydrogen-bond acceptors (Lipinski definition) is 2. The summed E-state index contributed by atoms with van der Waals surface area (Å²) >= 11 is 0. The van der Waals surface area contributed by atoms with Crippen LogP contribution in [0, 0.1) is 0 Å². The minimum Gasteiger partial charge on any atom is -0.507 e. The molecule has 0 radical (unpaired) electrons. The maximum atomic E-state index is 10.3. The summed E-state index contributed by atoms with van der Waals surface area (Å²) in [7, 11) is 0. The van der Waals surface area contributed by atoms with Gasteiger partial charge in [-0.05, 0) is 12.1 Å². The Morgan fingerprint density at radius 3 is 2.18 bits per heavy atom. The Kier molecular flexibility index (Phi) is 3.83. The number of phenols is 1. The molecule has 1 rings (SSSR count). The molecule has 0 aromatic heterocycles. The van der Waals surface area contributed by atoms with Crippen LogP contribution in [0.3, 0.4) is 0 Å². The van der Waals surface area contributed by atoms with Crippen LogP contribution in [0.5, 0.6) is 5.75 Å². The molecule has 0 heterocycles. The zero-order chi connectivity index (χ0) is 7.56. The van der Waals surface area contributed by atoms with E-state index in [1.807, 2.05) is 0 Å². The number of hydrogen-bond donors (Lipinski definition) is 2. The fraction of sp³-hybridized carbons (Fsp3) is 0. The van der Waals surface area contributed by atoms with Gasteiger partial charge in [0, 0.05) is 21.1 Å². The molecule has 0 aliphatic rings. The molecule has 1 aromatic rings. The summed E-state index contributed by atoms with van der Waals surface area (Å²) in [6.45, 7) is 0. The minimum atomic E-state index is -1.11. The fourth-order valence-electron chi connectivity index (χ4n) is 0.654. The molecule has 4 heteroatoms. The van der Waals surface area contributed by atoms with E-state index in [1.165, 1.54) is 12.1 Å². The molecule has 0 aliphatic heterocycles. The summed E-state index contributed by atoms with van der Waals surface area (Å²) in [6, 6.07) is 5.81. The Morgan fingerprint density at radius 1 is 1.27 bits per heavy atom. The largest absolute Gasteiger partial charge is 0.507 e. The van der Waals surface area contributed by atoms with Gasteiger partial charge in [-0.25, -0.2) is 4.79 Å². The summed E-state index contributed by atoms with van der Waals surface area (Å²) in [5.41, 5.74) is -0.0671. The Morgan fingerprint density at radius 2 is 1.82 bits per heavy atom. The first-order chi connectivity index (χ1) is 4.72. The fourth-order valence-corrected chi connectivity index (χ4v) is 0.654. The number of carboxylic acid groups (broad SMARTS) is 1. The second kappa shape index (κ2) is 4.14. The van der Waals surface area contributed by atoms with Gasteiger partial charge in [0.1, 0.15) is 11.3 Å². The normalized spacial score (nSPS) is 8.36. The van der Waals surface area contributed by atoms with Gasteiger partial charge in [-0.2, -0.15) is 0 Å². The molecule has 3 nitrogen and oxygen atoms in total. The predicted molar refractivity (Wildman–Crippen MR) is 35.1 cm³/mol. The number of benzene rings is 1. The van der Waals surface area contributed by atoms with Crippen LogP contribution in [0.1, 0.15) is 10.4 Å². The van der Waals surface area contributed by atoms with Crippen LogP contribution < -0.4 is 0 Å². The van der Waals surface area contributed by atoms with Crippen molar-refractivity contribution in [2.45, 2.75) is 0 Å². The molecule has 1 aromatic carbocycles. The van der Waals surface area contributed by atoms with Crippen molar-refractivity contribution in [1.29, 1.82) is 0 Å². The molecular weight excluding hydrogens is 327 g/mol. The van der Waals surface area contributed by atoms with E-state index in [1.54, 1.807) is 12.1 Å². The van der Waals surface area contributed by atoms with Crippen LogP contribution in [0.25, 0.3) is 0 Å². The number of carboxylic acids is 1. The van der Waals surface area contributed by atoms with Gasteiger partial charge in [0.2, 0.25) is 0 Å². The first-order valence-corrected chi connectivity index (χ1v) is 2.73. The first kappa shape index (κ1) is 10.2. The molecule has 0 spiro atoms. The molecular formula is C7H6O3Pt. The predicted octanol–water partition coefficient (Wildman–Crippen LogP) is 1.09. The maximum absolute atomic E-state index is 10.3. The Labute approximate surface area is 77.9 Å². The van der Waals surface area contributed by atoms with E-state index in [9.17, 15) is 4.79 Å². The molecule has 0 atom stereocenters. The Hall–Kier alpha value is -0.822. The average Bonchev–Trinajstić information content (AvgIpc) is 1.88. The quantitative estimate of drug-likeness (QED) is 0.809. The monoisotopic (exact) mass is 333 g/mol. The molecule has 2 N–H and O–H groups in total. The number of aromatic hydroxyl groups is 1. The summed E-state index contributed by atoms with van der Waals surface area (Å²) in [5, 5.41) is 17.3. The van der Waals surface area contributed by atoms with Crippen LogP contribution in [0.4, 0.5) is 0 Å².